The van der Waals surface area contributed by atoms with Crippen LogP contribution in [0.3, 0.4) is 0 Å². The fourth-order valence-corrected chi connectivity index (χ4v) is 3.73. The van der Waals surface area contributed by atoms with Gasteiger partial charge in [-0.2, -0.15) is 5.10 Å². The quantitative estimate of drug-likeness (QED) is 0.235. The van der Waals surface area contributed by atoms with Crippen LogP contribution in [0, 0.1) is 0 Å². The zero-order chi connectivity index (χ0) is 24.2. The average Bonchev–Trinajstić information content (AvgIpc) is 3.29. The molecule has 0 aliphatic rings. The Hall–Kier alpha value is -3.69. The molecule has 0 atom stereocenters. The number of aldehydes is 1. The van der Waals surface area contributed by atoms with Crippen LogP contribution in [0.25, 0.3) is 10.9 Å². The molecule has 0 amide bonds. The molecule has 0 radical (unpaired) electrons. The normalized spacial score (nSPS) is 10.9. The molecule has 0 spiro atoms. The van der Waals surface area contributed by atoms with E-state index in [2.05, 4.69) is 20.7 Å². The molecule has 4 aromatic rings. The molecule has 0 saturated carbocycles. The fourth-order valence-electron chi connectivity index (χ4n) is 3.28. The van der Waals surface area contributed by atoms with Crippen molar-refractivity contribution in [3.63, 3.8) is 0 Å². The van der Waals surface area contributed by atoms with Crippen LogP contribution in [0.15, 0.2) is 55.0 Å². The number of ether oxygens (including phenoxy) is 2. The Morgan fingerprint density at radius 3 is 2.68 bits per heavy atom. The number of rotatable bonds is 7. The Morgan fingerprint density at radius 1 is 1.18 bits per heavy atom. The van der Waals surface area contributed by atoms with Gasteiger partial charge in [0.1, 0.15) is 17.2 Å². The highest BCUT2D eigenvalue weighted by atomic mass is 35.5. The third kappa shape index (κ3) is 5.11. The number of pyridine rings is 1. The van der Waals surface area contributed by atoms with Gasteiger partial charge in [0.2, 0.25) is 0 Å². The molecule has 0 unspecified atom stereocenters. The third-order valence-corrected chi connectivity index (χ3v) is 5.50. The molecule has 2 N–H and O–H groups in total. The first-order valence-electron chi connectivity index (χ1n) is 10.4. The largest absolute Gasteiger partial charge is 0.496 e. The zero-order valence-corrected chi connectivity index (χ0v) is 20.3. The van der Waals surface area contributed by atoms with Crippen LogP contribution in [0.5, 0.6) is 17.2 Å². The van der Waals surface area contributed by atoms with Crippen molar-refractivity contribution >= 4 is 57.5 Å². The molecule has 0 aliphatic carbocycles. The number of nitrogens with zero attached hydrogens (tertiary/aromatic N) is 3. The number of fused-ring (bicyclic) bond motifs is 1. The maximum atomic E-state index is 11.4. The van der Waals surface area contributed by atoms with E-state index in [1.54, 1.807) is 48.8 Å². The van der Waals surface area contributed by atoms with Gasteiger partial charge in [-0.15, -0.1) is 0 Å². The molecule has 4 rings (SSSR count). The second-order valence-corrected chi connectivity index (χ2v) is 8.48. The minimum absolute atomic E-state index is 0.253. The second-order valence-electron chi connectivity index (χ2n) is 7.66. The van der Waals surface area contributed by atoms with Crippen molar-refractivity contribution in [3.8, 4) is 17.2 Å². The van der Waals surface area contributed by atoms with Crippen LogP contribution in [0.1, 0.15) is 30.2 Å². The smallest absolute Gasteiger partial charge is 0.175 e. The zero-order valence-electron chi connectivity index (χ0n) is 18.7. The Balaban J connectivity index is 1.50. The maximum Gasteiger partial charge on any atom is 0.175 e. The van der Waals surface area contributed by atoms with Crippen LogP contribution in [0.2, 0.25) is 5.02 Å². The van der Waals surface area contributed by atoms with Gasteiger partial charge >= 0.3 is 0 Å². The summed E-state index contributed by atoms with van der Waals surface area (Å²) in [4.78, 5) is 15.8. The fraction of sp³-hybridized carbons (Fsp3) is 0.167. The molecule has 2 aromatic heterocycles. The van der Waals surface area contributed by atoms with Crippen molar-refractivity contribution in [2.75, 3.05) is 17.7 Å². The number of hydrogen-bond donors (Lipinski definition) is 2. The molecular formula is C24H22ClN5O3S. The van der Waals surface area contributed by atoms with Crippen LogP contribution in [-0.2, 0) is 0 Å². The van der Waals surface area contributed by atoms with E-state index >= 15 is 0 Å². The lowest BCUT2D eigenvalue weighted by Crippen LogP contribution is -2.19. The van der Waals surface area contributed by atoms with Gasteiger partial charge in [-0.05, 0) is 50.3 Å². The number of benzene rings is 2. The lowest BCUT2D eigenvalue weighted by Gasteiger charge is -2.13. The van der Waals surface area contributed by atoms with Gasteiger partial charge in [-0.1, -0.05) is 11.6 Å². The molecule has 2 aromatic carbocycles. The summed E-state index contributed by atoms with van der Waals surface area (Å²) in [6.07, 6.45) is 5.94. The van der Waals surface area contributed by atoms with Gasteiger partial charge in [-0.25, -0.2) is 0 Å². The first-order chi connectivity index (χ1) is 16.4. The minimum atomic E-state index is 0.253. The average molecular weight is 496 g/mol. The molecule has 10 heteroatoms. The van der Waals surface area contributed by atoms with Gasteiger partial charge < -0.3 is 20.1 Å². The molecule has 0 bridgehead atoms. The molecule has 8 nitrogen and oxygen atoms in total. The Bertz CT molecular complexity index is 1370. The number of anilines is 2. The summed E-state index contributed by atoms with van der Waals surface area (Å²) in [5.74, 6) is 1.50. The van der Waals surface area contributed by atoms with E-state index in [0.29, 0.717) is 49.5 Å². The van der Waals surface area contributed by atoms with Crippen molar-refractivity contribution in [2.24, 2.45) is 0 Å². The number of halogens is 1. The number of carbonyl (C=O) groups excluding carboxylic acids is 1. The molecule has 0 saturated heterocycles. The van der Waals surface area contributed by atoms with Crippen LogP contribution in [0.4, 0.5) is 11.4 Å². The van der Waals surface area contributed by atoms with Gasteiger partial charge in [0.25, 0.3) is 0 Å². The standard InChI is InChI=1S/C24H22ClN5O3S/c1-14(2)30-12-16(11-27-30)28-24(34)29-20-5-4-17(9-19(20)25)33-22-6-7-26-21-10-23(32-3)15(13-31)8-18(21)22/h4-14H,1-3H3,(H2,28,29,34). The van der Waals surface area contributed by atoms with E-state index in [1.807, 2.05) is 24.7 Å². The van der Waals surface area contributed by atoms with Crippen molar-refractivity contribution in [1.29, 1.82) is 0 Å². The van der Waals surface area contributed by atoms with E-state index in [0.717, 1.165) is 12.0 Å². The Morgan fingerprint density at radius 2 is 2.00 bits per heavy atom. The number of aromatic nitrogens is 3. The highest BCUT2D eigenvalue weighted by molar-refractivity contribution is 7.80. The topological polar surface area (TPSA) is 90.3 Å². The molecule has 0 fully saturated rings. The van der Waals surface area contributed by atoms with Gasteiger partial charge in [-0.3, -0.25) is 14.5 Å². The SMILES string of the molecule is COc1cc2nccc(Oc3ccc(NC(=S)Nc4cnn(C(C)C)c4)c(Cl)c3)c2cc1C=O. The summed E-state index contributed by atoms with van der Waals surface area (Å²) in [6, 6.07) is 10.6. The molecule has 2 heterocycles. The maximum absolute atomic E-state index is 11.4. The number of nitrogens with one attached hydrogen (secondary N) is 2. The lowest BCUT2D eigenvalue weighted by molar-refractivity contribution is 0.112. The van der Waals surface area contributed by atoms with Crippen LogP contribution < -0.4 is 20.1 Å². The van der Waals surface area contributed by atoms with E-state index in [-0.39, 0.29) is 6.04 Å². The van der Waals surface area contributed by atoms with E-state index in [1.165, 1.54) is 7.11 Å². The van der Waals surface area contributed by atoms with E-state index in [4.69, 9.17) is 33.3 Å². The summed E-state index contributed by atoms with van der Waals surface area (Å²) in [6.45, 7) is 4.09. The van der Waals surface area contributed by atoms with Crippen molar-refractivity contribution < 1.29 is 14.3 Å². The van der Waals surface area contributed by atoms with Crippen molar-refractivity contribution in [3.05, 3.63) is 65.6 Å². The predicted octanol–water partition coefficient (Wildman–Crippen LogP) is 6.09. The minimum Gasteiger partial charge on any atom is -0.496 e. The summed E-state index contributed by atoms with van der Waals surface area (Å²) in [7, 11) is 1.51. The van der Waals surface area contributed by atoms with E-state index < -0.39 is 0 Å². The predicted molar refractivity (Wildman–Crippen MR) is 138 cm³/mol. The second kappa shape index (κ2) is 10.1. The van der Waals surface area contributed by atoms with Gasteiger partial charge in [0.05, 0.1) is 40.8 Å². The van der Waals surface area contributed by atoms with Gasteiger partial charge in [0, 0.05) is 36.0 Å². The van der Waals surface area contributed by atoms with Crippen molar-refractivity contribution in [1.82, 2.24) is 14.8 Å². The van der Waals surface area contributed by atoms with E-state index in [9.17, 15) is 4.79 Å². The Kier molecular flexibility index (Phi) is 6.95. The van der Waals surface area contributed by atoms with Crippen LogP contribution in [-0.4, -0.2) is 33.3 Å². The summed E-state index contributed by atoms with van der Waals surface area (Å²) < 4.78 is 13.1. The van der Waals surface area contributed by atoms with Gasteiger partial charge in [0.15, 0.2) is 11.4 Å². The number of methoxy groups -OCH3 is 1. The summed E-state index contributed by atoms with van der Waals surface area (Å²) in [5, 5.41) is 11.9. The first-order valence-corrected chi connectivity index (χ1v) is 11.2. The molecule has 34 heavy (non-hydrogen) atoms. The first kappa shape index (κ1) is 23.5. The summed E-state index contributed by atoms with van der Waals surface area (Å²) >= 11 is 11.9. The summed E-state index contributed by atoms with van der Waals surface area (Å²) in [5.41, 5.74) is 2.44. The molecule has 174 valence electrons. The number of thiocarbonyl (C=S) groups is 1. The molecule has 0 aliphatic heterocycles. The Labute approximate surface area is 206 Å². The highest BCUT2D eigenvalue weighted by Gasteiger charge is 2.12. The highest BCUT2D eigenvalue weighted by Crippen LogP contribution is 2.35. The van der Waals surface area contributed by atoms with Crippen LogP contribution >= 0.6 is 23.8 Å². The lowest BCUT2D eigenvalue weighted by atomic mass is 10.1. The van der Waals surface area contributed by atoms with Crippen molar-refractivity contribution in [2.45, 2.75) is 19.9 Å². The number of hydrogen-bond acceptors (Lipinski definition) is 6. The number of carbonyl (C=O) groups is 1. The molecular weight excluding hydrogens is 474 g/mol. The monoisotopic (exact) mass is 495 g/mol. The third-order valence-electron chi connectivity index (χ3n) is 4.99.